The van der Waals surface area contributed by atoms with Crippen LogP contribution in [0.4, 0.5) is 19.0 Å². The third-order valence-electron chi connectivity index (χ3n) is 11.3. The molecule has 1 aliphatic carbocycles. The fourth-order valence-electron chi connectivity index (χ4n) is 8.21. The zero-order valence-electron chi connectivity index (χ0n) is 33.7. The van der Waals surface area contributed by atoms with E-state index in [2.05, 4.69) is 52.2 Å². The van der Waals surface area contributed by atoms with Gasteiger partial charge in [-0.15, -0.1) is 24.5 Å². The molecule has 6 heterocycles. The number of ether oxygens (including phenoxy) is 1. The summed E-state index contributed by atoms with van der Waals surface area (Å²) in [6.07, 6.45) is 2.21. The quantitative estimate of drug-likeness (QED) is 0.142. The van der Waals surface area contributed by atoms with Gasteiger partial charge in [-0.1, -0.05) is 23.4 Å². The lowest BCUT2D eigenvalue weighted by Crippen LogP contribution is -2.54. The minimum absolute atomic E-state index is 0.0148. The second-order valence-electron chi connectivity index (χ2n) is 15.0. The Balaban J connectivity index is 1.04. The van der Waals surface area contributed by atoms with Crippen molar-refractivity contribution in [3.05, 3.63) is 104 Å². The van der Waals surface area contributed by atoms with E-state index in [-0.39, 0.29) is 51.1 Å². The number of thiophene rings is 1. The van der Waals surface area contributed by atoms with Crippen LogP contribution in [0.5, 0.6) is 0 Å². The number of sulfonamides is 1. The number of piperidine rings is 1. The van der Waals surface area contributed by atoms with Crippen LogP contribution >= 0.6 is 22.9 Å². The van der Waals surface area contributed by atoms with E-state index in [1.54, 1.807) is 31.2 Å². The molecule has 0 spiro atoms. The van der Waals surface area contributed by atoms with Crippen molar-refractivity contribution in [2.45, 2.75) is 75.5 Å². The summed E-state index contributed by atoms with van der Waals surface area (Å²) < 4.78 is 72.0. The predicted molar refractivity (Wildman–Crippen MR) is 231 cm³/mol. The Kier molecular flexibility index (Phi) is 12.2. The molecule has 8 rings (SSSR count). The van der Waals surface area contributed by atoms with E-state index in [4.69, 9.17) is 11.6 Å². The van der Waals surface area contributed by atoms with E-state index in [0.29, 0.717) is 83.4 Å². The number of hydrogen-bond donors (Lipinski definition) is 1. The monoisotopic (exact) mass is 915 g/mol. The summed E-state index contributed by atoms with van der Waals surface area (Å²) in [5.41, 5.74) is 2.06. The third-order valence-corrected chi connectivity index (χ3v) is 13.9. The Labute approximate surface area is 368 Å². The van der Waals surface area contributed by atoms with Crippen molar-refractivity contribution in [2.75, 3.05) is 24.5 Å². The zero-order chi connectivity index (χ0) is 44.6. The van der Waals surface area contributed by atoms with Crippen LogP contribution in [0.1, 0.15) is 59.9 Å². The maximum absolute atomic E-state index is 14.3. The number of alkyl halides is 3. The number of nitrogens with one attached hydrogen (secondary N) is 1. The number of nitrogens with zero attached hydrogens (tertiary/aromatic N) is 8. The number of aryl methyl sites for hydroxylation is 1. The Morgan fingerprint density at radius 3 is 2.54 bits per heavy atom. The molecule has 5 aromatic heterocycles. The molecule has 0 unspecified atom stereocenters. The number of hydrogen-bond acceptors (Lipinski definition) is 13. The van der Waals surface area contributed by atoms with E-state index in [1.807, 2.05) is 11.8 Å². The molecule has 0 bridgehead atoms. The average molecular weight is 916 g/mol. The van der Waals surface area contributed by atoms with E-state index in [1.165, 1.54) is 58.2 Å². The molecule has 0 radical (unpaired) electrons. The minimum Gasteiger partial charge on any atom is -0.353 e. The molecule has 2 aliphatic rings. The van der Waals surface area contributed by atoms with Crippen molar-refractivity contribution >= 4 is 65.8 Å². The van der Waals surface area contributed by atoms with E-state index < -0.39 is 34.0 Å². The lowest BCUT2D eigenvalue weighted by atomic mass is 9.86. The molecule has 1 aromatic carbocycles. The van der Waals surface area contributed by atoms with Gasteiger partial charge in [0.15, 0.2) is 0 Å². The van der Waals surface area contributed by atoms with Crippen LogP contribution in [0.15, 0.2) is 76.3 Å². The third kappa shape index (κ3) is 8.97. The molecule has 324 valence electrons. The molecular weight excluding hydrogens is 879 g/mol. The van der Waals surface area contributed by atoms with Gasteiger partial charge in [-0.25, -0.2) is 23.1 Å². The van der Waals surface area contributed by atoms with Gasteiger partial charge < -0.3 is 9.80 Å². The number of nitriles is 1. The smallest absolute Gasteiger partial charge is 0.353 e. The first-order chi connectivity index (χ1) is 30.2. The van der Waals surface area contributed by atoms with Crippen molar-refractivity contribution in [3.63, 3.8) is 0 Å². The summed E-state index contributed by atoms with van der Waals surface area (Å²) in [5, 5.41) is 12.6. The predicted octanol–water partition coefficient (Wildman–Crippen LogP) is 6.83. The van der Waals surface area contributed by atoms with Gasteiger partial charge in [0, 0.05) is 77.4 Å². The number of halogens is 4. The van der Waals surface area contributed by atoms with Crippen LogP contribution in [-0.2, 0) is 21.3 Å². The maximum Gasteiger partial charge on any atom is 0.522 e. The Hall–Kier alpha value is -5.96. The number of carbonyl (C=O) groups excluding carboxylic acids is 1. The molecule has 63 heavy (non-hydrogen) atoms. The zero-order valence-corrected chi connectivity index (χ0v) is 36.1. The molecule has 1 amide bonds. The normalized spacial score (nSPS) is 17.2. The summed E-state index contributed by atoms with van der Waals surface area (Å²) in [6.45, 7) is 5.37. The van der Waals surface area contributed by atoms with Gasteiger partial charge in [-0.2, -0.15) is 5.26 Å². The molecule has 14 nitrogen and oxygen atoms in total. The van der Waals surface area contributed by atoms with Crippen molar-refractivity contribution in [1.82, 2.24) is 34.1 Å². The molecule has 2 fully saturated rings. The van der Waals surface area contributed by atoms with E-state index >= 15 is 0 Å². The van der Waals surface area contributed by atoms with Gasteiger partial charge in [-0.05, 0) is 75.9 Å². The van der Waals surface area contributed by atoms with Crippen molar-refractivity contribution in [3.8, 4) is 29.0 Å². The number of anilines is 1. The molecule has 6 aromatic rings. The number of likely N-dealkylation sites (tertiary alicyclic amines) is 1. The Morgan fingerprint density at radius 1 is 1.10 bits per heavy atom. The summed E-state index contributed by atoms with van der Waals surface area (Å²) in [7, 11) is -4.18. The van der Waals surface area contributed by atoms with E-state index in [9.17, 15) is 36.4 Å². The van der Waals surface area contributed by atoms with Gasteiger partial charge in [-0.3, -0.25) is 28.9 Å². The van der Waals surface area contributed by atoms with Crippen LogP contribution in [0.2, 0.25) is 5.02 Å². The van der Waals surface area contributed by atoms with Gasteiger partial charge in [0.1, 0.15) is 23.3 Å². The topological polar surface area (TPSA) is 176 Å². The molecule has 0 atom stereocenters. The summed E-state index contributed by atoms with van der Waals surface area (Å²) in [5.74, 6) is 6.12. The summed E-state index contributed by atoms with van der Waals surface area (Å²) in [4.78, 5) is 49.1. The molecular formula is C43H37ClF3N9O5S2. The second kappa shape index (κ2) is 17.7. The van der Waals surface area contributed by atoms with Crippen LogP contribution in [0, 0.1) is 30.1 Å². The van der Waals surface area contributed by atoms with Gasteiger partial charge >= 0.3 is 6.36 Å². The first-order valence-corrected chi connectivity index (χ1v) is 22.6. The fourth-order valence-corrected chi connectivity index (χ4v) is 10.4. The number of benzene rings is 1. The second-order valence-corrected chi connectivity index (χ2v) is 18.0. The molecule has 1 aliphatic heterocycles. The SMILES string of the molecule is CCN(c1ncc2nc(C)n(CC#Cc3ccc(Cl)cc3-c3ccnc4c(C(=O)NS(=O)(=O)c5ccncc5)csc34)c(=O)c2c1C#N)C1CCN(C2CC(OC(F)(F)F)C2)CC1. The number of fused-ring (bicyclic) bond motifs is 2. The standard InChI is InChI=1S/C43H37ClF3N9O5S2/c1-3-55(28-11-17-54(18-12-28)29-20-30(21-29)61-43(45,46)47)40-34(22-48)37-36(23-51-40)52-25(2)56(42(37)58)16-4-5-26-6-7-27(44)19-33(26)32-10-15-50-38-35(24-62-39(32)38)41(57)53-63(59,60)31-8-13-49-14-9-31/h6-10,13-15,19,23-24,28-30H,3,11-12,16-18,20-21H2,1-2H3,(H,53,57). The lowest BCUT2D eigenvalue weighted by Gasteiger charge is -2.47. The maximum atomic E-state index is 14.3. The highest BCUT2D eigenvalue weighted by Gasteiger charge is 2.43. The van der Waals surface area contributed by atoms with Gasteiger partial charge in [0.2, 0.25) is 0 Å². The molecule has 20 heteroatoms. The van der Waals surface area contributed by atoms with Gasteiger partial charge in [0.25, 0.3) is 21.5 Å². The lowest BCUT2D eigenvalue weighted by molar-refractivity contribution is -0.354. The average Bonchev–Trinajstić information content (AvgIpc) is 3.69. The highest BCUT2D eigenvalue weighted by Crippen LogP contribution is 2.38. The number of rotatable bonds is 10. The summed E-state index contributed by atoms with van der Waals surface area (Å²) in [6, 6.07) is 11.6. The van der Waals surface area contributed by atoms with Crippen molar-refractivity contribution in [2.24, 2.45) is 0 Å². The van der Waals surface area contributed by atoms with Crippen LogP contribution in [0.3, 0.4) is 0 Å². The Bertz CT molecular complexity index is 3030. The van der Waals surface area contributed by atoms with Crippen LogP contribution < -0.4 is 15.2 Å². The van der Waals surface area contributed by atoms with E-state index in [0.717, 1.165) is 0 Å². The number of amides is 1. The number of pyridine rings is 3. The molecule has 1 saturated carbocycles. The highest BCUT2D eigenvalue weighted by molar-refractivity contribution is 7.90. The number of carbonyl (C=O) groups is 1. The van der Waals surface area contributed by atoms with Crippen LogP contribution in [0.25, 0.3) is 32.2 Å². The Morgan fingerprint density at radius 2 is 1.84 bits per heavy atom. The fraction of sp³-hybridized carbons (Fsp3) is 0.326. The first-order valence-electron chi connectivity index (χ1n) is 19.8. The number of aromatic nitrogens is 5. The highest BCUT2D eigenvalue weighted by atomic mass is 35.5. The molecule has 1 N–H and O–H groups in total. The van der Waals surface area contributed by atoms with Crippen molar-refractivity contribution < 1.29 is 31.1 Å². The summed E-state index contributed by atoms with van der Waals surface area (Å²) >= 11 is 7.69. The largest absolute Gasteiger partial charge is 0.522 e. The van der Waals surface area contributed by atoms with Crippen LogP contribution in [-0.4, -0.2) is 87.9 Å². The van der Waals surface area contributed by atoms with Crippen molar-refractivity contribution in [1.29, 1.82) is 5.26 Å². The first kappa shape index (κ1) is 43.7. The van der Waals surface area contributed by atoms with Gasteiger partial charge in [0.05, 0.1) is 50.4 Å². The molecule has 1 saturated heterocycles. The minimum atomic E-state index is -4.64.